The number of nitrogens with zero attached hydrogens (tertiary/aromatic N) is 3. The third-order valence-corrected chi connectivity index (χ3v) is 7.04. The Morgan fingerprint density at radius 2 is 1.65 bits per heavy atom. The molecule has 3 aliphatic heterocycles. The Balaban J connectivity index is 1.38. The first kappa shape index (κ1) is 21.9. The fourth-order valence-corrected chi connectivity index (χ4v) is 5.62. The van der Waals surface area contributed by atoms with Crippen molar-refractivity contribution in [3.63, 3.8) is 0 Å². The molecule has 3 saturated heterocycles. The van der Waals surface area contributed by atoms with Crippen molar-refractivity contribution in [1.82, 2.24) is 9.80 Å². The Bertz CT molecular complexity index is 768. The van der Waals surface area contributed by atoms with Crippen LogP contribution in [0.15, 0.2) is 24.3 Å². The lowest BCUT2D eigenvalue weighted by atomic mass is 9.93. The maximum atomic E-state index is 13.3. The highest BCUT2D eigenvalue weighted by molar-refractivity contribution is 5.88. The van der Waals surface area contributed by atoms with Crippen molar-refractivity contribution in [3.8, 4) is 0 Å². The lowest BCUT2D eigenvalue weighted by Crippen LogP contribution is -2.55. The molecule has 0 saturated carbocycles. The first-order valence-corrected chi connectivity index (χ1v) is 11.3. The molecule has 1 aromatic carbocycles. The summed E-state index contributed by atoms with van der Waals surface area (Å²) in [7, 11) is 1.38. The minimum absolute atomic E-state index is 0.0190. The predicted molar refractivity (Wildman–Crippen MR) is 115 cm³/mol. The third kappa shape index (κ3) is 4.49. The van der Waals surface area contributed by atoms with Gasteiger partial charge in [-0.05, 0) is 69.7 Å². The van der Waals surface area contributed by atoms with E-state index in [4.69, 9.17) is 9.47 Å². The van der Waals surface area contributed by atoms with Gasteiger partial charge in [-0.3, -0.25) is 4.90 Å². The Morgan fingerprint density at radius 1 is 1.03 bits per heavy atom. The number of hydrogen-bond acceptors (Lipinski definition) is 5. The molecule has 2 bridgehead atoms. The molecule has 0 spiro atoms. The molecule has 0 aromatic heterocycles. The van der Waals surface area contributed by atoms with Gasteiger partial charge >= 0.3 is 12.2 Å². The smallest absolute Gasteiger partial charge is 0.414 e. The summed E-state index contributed by atoms with van der Waals surface area (Å²) in [6, 6.07) is 7.01. The summed E-state index contributed by atoms with van der Waals surface area (Å²) in [6.07, 6.45) is 5.16. The maximum Gasteiger partial charge on any atom is 0.414 e. The molecule has 1 aromatic rings. The molecule has 2 unspecified atom stereocenters. The number of amides is 2. The fraction of sp³-hybridized carbons (Fsp3) is 0.652. The van der Waals surface area contributed by atoms with Crippen LogP contribution in [0.2, 0.25) is 0 Å². The third-order valence-electron chi connectivity index (χ3n) is 7.04. The molecule has 170 valence electrons. The number of rotatable bonds is 4. The van der Waals surface area contributed by atoms with Crippen LogP contribution in [0.1, 0.15) is 45.4 Å². The highest BCUT2D eigenvalue weighted by Crippen LogP contribution is 2.39. The molecule has 2 amide bonds. The summed E-state index contributed by atoms with van der Waals surface area (Å²) in [5.74, 6) is -0.327. The number of ether oxygens (including phenoxy) is 2. The van der Waals surface area contributed by atoms with Crippen molar-refractivity contribution in [2.24, 2.45) is 0 Å². The molecular weight excluding hydrogens is 401 g/mol. The van der Waals surface area contributed by atoms with Gasteiger partial charge in [0.15, 0.2) is 0 Å². The highest BCUT2D eigenvalue weighted by atomic mass is 19.1. The Kier molecular flexibility index (Phi) is 6.65. The van der Waals surface area contributed by atoms with Crippen molar-refractivity contribution in [2.45, 2.75) is 69.6 Å². The van der Waals surface area contributed by atoms with Gasteiger partial charge in [0.1, 0.15) is 5.82 Å². The van der Waals surface area contributed by atoms with Gasteiger partial charge in [-0.2, -0.15) is 0 Å². The lowest BCUT2D eigenvalue weighted by Gasteiger charge is -2.46. The normalized spacial score (nSPS) is 26.5. The van der Waals surface area contributed by atoms with E-state index in [0.29, 0.717) is 18.3 Å². The van der Waals surface area contributed by atoms with E-state index in [1.54, 1.807) is 17.0 Å². The summed E-state index contributed by atoms with van der Waals surface area (Å²) >= 11 is 0. The van der Waals surface area contributed by atoms with Gasteiger partial charge in [-0.15, -0.1) is 0 Å². The number of likely N-dealkylation sites (tertiary alicyclic amines) is 1. The SMILES string of the molecule is CCOC(=O)N1C2CCC1CC(N1CCC(N(C(=O)OC)c3ccc(F)cc3)CC1)C2. The van der Waals surface area contributed by atoms with Gasteiger partial charge in [-0.1, -0.05) is 0 Å². The molecule has 0 aliphatic carbocycles. The number of hydrogen-bond donors (Lipinski definition) is 0. The predicted octanol–water partition coefficient (Wildman–Crippen LogP) is 4.01. The van der Waals surface area contributed by atoms with E-state index in [-0.39, 0.29) is 30.0 Å². The number of benzene rings is 1. The van der Waals surface area contributed by atoms with Crippen molar-refractivity contribution in [1.29, 1.82) is 0 Å². The molecule has 31 heavy (non-hydrogen) atoms. The maximum absolute atomic E-state index is 13.3. The van der Waals surface area contributed by atoms with Gasteiger partial charge in [0.25, 0.3) is 0 Å². The van der Waals surface area contributed by atoms with Crippen LogP contribution < -0.4 is 4.90 Å². The topological polar surface area (TPSA) is 62.3 Å². The zero-order valence-electron chi connectivity index (χ0n) is 18.3. The van der Waals surface area contributed by atoms with E-state index in [1.165, 1.54) is 19.2 Å². The lowest BCUT2D eigenvalue weighted by molar-refractivity contribution is 0.0341. The van der Waals surface area contributed by atoms with E-state index in [0.717, 1.165) is 51.6 Å². The molecule has 4 rings (SSSR count). The van der Waals surface area contributed by atoms with Crippen LogP contribution in [-0.4, -0.2) is 73.0 Å². The summed E-state index contributed by atoms with van der Waals surface area (Å²) in [4.78, 5) is 30.9. The van der Waals surface area contributed by atoms with Gasteiger partial charge in [0.05, 0.1) is 13.7 Å². The van der Waals surface area contributed by atoms with Crippen molar-refractivity contribution >= 4 is 17.9 Å². The quantitative estimate of drug-likeness (QED) is 0.718. The summed E-state index contributed by atoms with van der Waals surface area (Å²) < 4.78 is 23.6. The Morgan fingerprint density at radius 3 is 2.19 bits per heavy atom. The number of methoxy groups -OCH3 is 1. The number of fused-ring (bicyclic) bond motifs is 2. The molecular formula is C23H32FN3O4. The molecule has 2 atom stereocenters. The van der Waals surface area contributed by atoms with Crippen molar-refractivity contribution < 1.29 is 23.5 Å². The fourth-order valence-electron chi connectivity index (χ4n) is 5.62. The number of halogens is 1. The average molecular weight is 434 g/mol. The first-order chi connectivity index (χ1) is 15.0. The Labute approximate surface area is 183 Å². The minimum atomic E-state index is -0.411. The second kappa shape index (κ2) is 9.42. The number of piperidine rings is 2. The second-order valence-corrected chi connectivity index (χ2v) is 8.70. The zero-order valence-corrected chi connectivity index (χ0v) is 18.3. The van der Waals surface area contributed by atoms with E-state index in [2.05, 4.69) is 4.90 Å². The van der Waals surface area contributed by atoms with Crippen LogP contribution >= 0.6 is 0 Å². The summed E-state index contributed by atoms with van der Waals surface area (Å²) in [5.41, 5.74) is 0.660. The zero-order chi connectivity index (χ0) is 22.0. The van der Waals surface area contributed by atoms with E-state index in [9.17, 15) is 14.0 Å². The summed E-state index contributed by atoms with van der Waals surface area (Å²) in [5, 5.41) is 0. The largest absolute Gasteiger partial charge is 0.452 e. The average Bonchev–Trinajstić information content (AvgIpc) is 3.05. The minimum Gasteiger partial charge on any atom is -0.452 e. The van der Waals surface area contributed by atoms with Gasteiger partial charge in [-0.25, -0.2) is 14.0 Å². The molecule has 0 radical (unpaired) electrons. The first-order valence-electron chi connectivity index (χ1n) is 11.3. The van der Waals surface area contributed by atoms with Gasteiger partial charge in [0, 0.05) is 42.9 Å². The molecule has 0 N–H and O–H groups in total. The van der Waals surface area contributed by atoms with E-state index < -0.39 is 6.09 Å². The van der Waals surface area contributed by atoms with Crippen LogP contribution in [-0.2, 0) is 9.47 Å². The highest BCUT2D eigenvalue weighted by Gasteiger charge is 2.46. The Hall–Kier alpha value is -2.35. The second-order valence-electron chi connectivity index (χ2n) is 8.70. The molecule has 3 heterocycles. The van der Waals surface area contributed by atoms with Crippen LogP contribution in [0.5, 0.6) is 0 Å². The summed E-state index contributed by atoms with van der Waals surface area (Å²) in [6.45, 7) is 4.04. The number of carbonyl (C=O) groups excluding carboxylic acids is 2. The van der Waals surface area contributed by atoms with Crippen LogP contribution in [0.25, 0.3) is 0 Å². The van der Waals surface area contributed by atoms with Crippen LogP contribution in [0, 0.1) is 5.82 Å². The van der Waals surface area contributed by atoms with E-state index in [1.807, 2.05) is 11.8 Å². The molecule has 8 heteroatoms. The van der Waals surface area contributed by atoms with Crippen molar-refractivity contribution in [2.75, 3.05) is 31.7 Å². The van der Waals surface area contributed by atoms with Crippen LogP contribution in [0.3, 0.4) is 0 Å². The standard InChI is InChI=1S/C23H32FN3O4/c1-3-31-23(29)27-19-8-9-20(27)15-21(14-19)25-12-10-18(11-13-25)26(22(28)30-2)17-6-4-16(24)5-7-17/h4-7,18-21H,3,8-15H2,1-2H3. The number of anilines is 1. The van der Waals surface area contributed by atoms with Gasteiger partial charge < -0.3 is 19.3 Å². The van der Waals surface area contributed by atoms with Gasteiger partial charge in [0.2, 0.25) is 0 Å². The van der Waals surface area contributed by atoms with Crippen molar-refractivity contribution in [3.05, 3.63) is 30.1 Å². The molecule has 3 aliphatic rings. The number of carbonyl (C=O) groups is 2. The van der Waals surface area contributed by atoms with Crippen LogP contribution in [0.4, 0.5) is 19.7 Å². The monoisotopic (exact) mass is 433 g/mol. The molecule has 3 fully saturated rings. The molecule has 7 nitrogen and oxygen atoms in total. The van der Waals surface area contributed by atoms with E-state index >= 15 is 0 Å².